The highest BCUT2D eigenvalue weighted by atomic mass is 16.4. The van der Waals surface area contributed by atoms with Crippen LogP contribution in [0.1, 0.15) is 11.3 Å². The molecular weight excluding hydrogens is 242 g/mol. The van der Waals surface area contributed by atoms with E-state index in [1.54, 1.807) is 6.07 Å². The maximum absolute atomic E-state index is 11.1. The molecule has 0 radical (unpaired) electrons. The predicted octanol–water partition coefficient (Wildman–Crippen LogP) is 2.44. The molecule has 3 aromatic rings. The fourth-order valence-corrected chi connectivity index (χ4v) is 1.86. The summed E-state index contributed by atoms with van der Waals surface area (Å²) in [6, 6.07) is 9.49. The van der Waals surface area contributed by atoms with Gasteiger partial charge in [0.15, 0.2) is 5.58 Å². The quantitative estimate of drug-likeness (QED) is 0.754. The summed E-state index contributed by atoms with van der Waals surface area (Å²) in [6.45, 7) is 2.64. The van der Waals surface area contributed by atoms with Crippen LogP contribution in [0.5, 0.6) is 0 Å². The van der Waals surface area contributed by atoms with E-state index in [9.17, 15) is 4.79 Å². The van der Waals surface area contributed by atoms with Crippen LogP contribution >= 0.6 is 0 Å². The van der Waals surface area contributed by atoms with Crippen molar-refractivity contribution in [3.05, 3.63) is 58.3 Å². The van der Waals surface area contributed by atoms with Gasteiger partial charge in [-0.2, -0.15) is 0 Å². The molecule has 5 heteroatoms. The van der Waals surface area contributed by atoms with Gasteiger partial charge in [0.1, 0.15) is 0 Å². The summed E-state index contributed by atoms with van der Waals surface area (Å²) >= 11 is 0. The SMILES string of the molecule is Cc1ccc(CNc2ccc3oc(=O)[nH]c3c2)nc1. The smallest absolute Gasteiger partial charge is 0.408 e. The number of pyridine rings is 1. The maximum Gasteiger partial charge on any atom is 0.417 e. The molecule has 2 aromatic heterocycles. The van der Waals surface area contributed by atoms with Crippen LogP contribution in [-0.4, -0.2) is 9.97 Å². The molecule has 1 aromatic carbocycles. The molecule has 96 valence electrons. The monoisotopic (exact) mass is 255 g/mol. The van der Waals surface area contributed by atoms with Crippen molar-refractivity contribution in [2.45, 2.75) is 13.5 Å². The van der Waals surface area contributed by atoms with Gasteiger partial charge >= 0.3 is 5.76 Å². The minimum Gasteiger partial charge on any atom is -0.408 e. The van der Waals surface area contributed by atoms with Crippen molar-refractivity contribution in [2.24, 2.45) is 0 Å². The molecular formula is C14H13N3O2. The van der Waals surface area contributed by atoms with Gasteiger partial charge in [-0.15, -0.1) is 0 Å². The van der Waals surface area contributed by atoms with Crippen LogP contribution in [0.3, 0.4) is 0 Å². The fourth-order valence-electron chi connectivity index (χ4n) is 1.86. The van der Waals surface area contributed by atoms with Crippen molar-refractivity contribution in [3.63, 3.8) is 0 Å². The van der Waals surface area contributed by atoms with Gasteiger partial charge in [0.25, 0.3) is 0 Å². The summed E-state index contributed by atoms with van der Waals surface area (Å²) in [5, 5.41) is 3.26. The fraction of sp³-hybridized carbons (Fsp3) is 0.143. The summed E-state index contributed by atoms with van der Waals surface area (Å²) in [6.07, 6.45) is 1.84. The highest BCUT2D eigenvalue weighted by Crippen LogP contribution is 2.16. The van der Waals surface area contributed by atoms with E-state index in [-0.39, 0.29) is 0 Å². The van der Waals surface area contributed by atoms with Gasteiger partial charge in [-0.25, -0.2) is 4.79 Å². The Morgan fingerprint density at radius 3 is 3.00 bits per heavy atom. The second-order valence-corrected chi connectivity index (χ2v) is 4.41. The summed E-state index contributed by atoms with van der Waals surface area (Å²) in [5.41, 5.74) is 4.26. The van der Waals surface area contributed by atoms with Crippen LogP contribution in [0.25, 0.3) is 11.1 Å². The average molecular weight is 255 g/mol. The van der Waals surface area contributed by atoms with Crippen molar-refractivity contribution in [2.75, 3.05) is 5.32 Å². The van der Waals surface area contributed by atoms with E-state index in [0.717, 1.165) is 16.9 Å². The third kappa shape index (κ3) is 2.49. The van der Waals surface area contributed by atoms with Gasteiger partial charge in [0, 0.05) is 11.9 Å². The Hall–Kier alpha value is -2.56. The van der Waals surface area contributed by atoms with Crippen LogP contribution in [0.4, 0.5) is 5.69 Å². The van der Waals surface area contributed by atoms with E-state index in [2.05, 4.69) is 15.3 Å². The number of oxazole rings is 1. The molecule has 0 unspecified atom stereocenters. The molecule has 19 heavy (non-hydrogen) atoms. The van der Waals surface area contributed by atoms with Crippen LogP contribution in [0.2, 0.25) is 0 Å². The number of aromatic nitrogens is 2. The van der Waals surface area contributed by atoms with Crippen LogP contribution in [-0.2, 0) is 6.54 Å². The van der Waals surface area contributed by atoms with Gasteiger partial charge in [-0.05, 0) is 36.8 Å². The molecule has 0 fully saturated rings. The minimum absolute atomic E-state index is 0.438. The van der Waals surface area contributed by atoms with Gasteiger partial charge < -0.3 is 9.73 Å². The normalized spacial score (nSPS) is 10.8. The zero-order valence-electron chi connectivity index (χ0n) is 10.4. The van der Waals surface area contributed by atoms with Crippen LogP contribution < -0.4 is 11.1 Å². The Balaban J connectivity index is 1.77. The molecule has 0 spiro atoms. The Bertz CT molecular complexity index is 756. The first kappa shape index (κ1) is 11.5. The first-order valence-corrected chi connectivity index (χ1v) is 5.99. The van der Waals surface area contributed by atoms with Crippen LogP contribution in [0, 0.1) is 6.92 Å². The molecule has 5 nitrogen and oxygen atoms in total. The Kier molecular flexibility index (Phi) is 2.79. The average Bonchev–Trinajstić information content (AvgIpc) is 2.77. The second kappa shape index (κ2) is 4.61. The number of H-pyrrole nitrogens is 1. The lowest BCUT2D eigenvalue weighted by Gasteiger charge is -2.05. The number of hydrogen-bond acceptors (Lipinski definition) is 4. The van der Waals surface area contributed by atoms with E-state index in [1.165, 1.54) is 0 Å². The zero-order valence-corrected chi connectivity index (χ0v) is 10.4. The van der Waals surface area contributed by atoms with Gasteiger partial charge in [0.2, 0.25) is 0 Å². The van der Waals surface area contributed by atoms with E-state index >= 15 is 0 Å². The van der Waals surface area contributed by atoms with Crippen molar-refractivity contribution in [3.8, 4) is 0 Å². The van der Waals surface area contributed by atoms with Crippen molar-refractivity contribution in [1.29, 1.82) is 0 Å². The molecule has 0 bridgehead atoms. The van der Waals surface area contributed by atoms with E-state index in [4.69, 9.17) is 4.42 Å². The molecule has 0 aliphatic heterocycles. The minimum atomic E-state index is -0.438. The molecule has 0 saturated carbocycles. The van der Waals surface area contributed by atoms with E-state index in [1.807, 2.05) is 37.4 Å². The number of aromatic amines is 1. The second-order valence-electron chi connectivity index (χ2n) is 4.41. The Labute approximate surface area is 109 Å². The number of fused-ring (bicyclic) bond motifs is 1. The highest BCUT2D eigenvalue weighted by Gasteiger charge is 2.02. The number of anilines is 1. The zero-order chi connectivity index (χ0) is 13.2. The van der Waals surface area contributed by atoms with Crippen molar-refractivity contribution >= 4 is 16.8 Å². The third-order valence-corrected chi connectivity index (χ3v) is 2.87. The first-order valence-electron chi connectivity index (χ1n) is 5.99. The highest BCUT2D eigenvalue weighted by molar-refractivity contribution is 5.76. The lowest BCUT2D eigenvalue weighted by molar-refractivity contribution is 0.555. The summed E-state index contributed by atoms with van der Waals surface area (Å²) in [5.74, 6) is -0.438. The summed E-state index contributed by atoms with van der Waals surface area (Å²) < 4.78 is 4.95. The number of nitrogens with zero attached hydrogens (tertiary/aromatic N) is 1. The molecule has 0 aliphatic rings. The topological polar surface area (TPSA) is 70.9 Å². The summed E-state index contributed by atoms with van der Waals surface area (Å²) in [7, 11) is 0. The number of rotatable bonds is 3. The third-order valence-electron chi connectivity index (χ3n) is 2.87. The Morgan fingerprint density at radius 2 is 2.21 bits per heavy atom. The maximum atomic E-state index is 11.1. The van der Waals surface area contributed by atoms with E-state index < -0.39 is 5.76 Å². The number of aryl methyl sites for hydroxylation is 1. The Morgan fingerprint density at radius 1 is 1.32 bits per heavy atom. The van der Waals surface area contributed by atoms with Gasteiger partial charge in [-0.3, -0.25) is 9.97 Å². The number of benzene rings is 1. The predicted molar refractivity (Wildman–Crippen MR) is 73.1 cm³/mol. The van der Waals surface area contributed by atoms with Crippen LogP contribution in [0.15, 0.2) is 45.7 Å². The molecule has 0 atom stereocenters. The molecule has 0 saturated heterocycles. The standard InChI is InChI=1S/C14H13N3O2/c1-9-2-3-11(15-7-9)8-16-10-4-5-13-12(6-10)17-14(18)19-13/h2-7,16H,8H2,1H3,(H,17,18). The molecule has 2 heterocycles. The number of hydrogen-bond donors (Lipinski definition) is 2. The summed E-state index contributed by atoms with van der Waals surface area (Å²) in [4.78, 5) is 18.0. The lowest BCUT2D eigenvalue weighted by Crippen LogP contribution is -2.01. The van der Waals surface area contributed by atoms with Crippen molar-refractivity contribution < 1.29 is 4.42 Å². The molecule has 0 aliphatic carbocycles. The molecule has 2 N–H and O–H groups in total. The largest absolute Gasteiger partial charge is 0.417 e. The lowest BCUT2D eigenvalue weighted by atomic mass is 10.2. The van der Waals surface area contributed by atoms with Gasteiger partial charge in [-0.1, -0.05) is 6.07 Å². The number of nitrogens with one attached hydrogen (secondary N) is 2. The first-order chi connectivity index (χ1) is 9.20. The molecule has 3 rings (SSSR count). The van der Waals surface area contributed by atoms with E-state index in [0.29, 0.717) is 17.6 Å². The molecule has 0 amide bonds. The van der Waals surface area contributed by atoms with Gasteiger partial charge in [0.05, 0.1) is 17.8 Å². The van der Waals surface area contributed by atoms with Crippen molar-refractivity contribution in [1.82, 2.24) is 9.97 Å².